The lowest BCUT2D eigenvalue weighted by atomic mass is 10.6. The molecule has 0 aliphatic carbocycles. The molecule has 0 radical (unpaired) electrons. The lowest BCUT2D eigenvalue weighted by Gasteiger charge is -1.99. The third kappa shape index (κ3) is 6.17. The first-order valence-electron chi connectivity index (χ1n) is 6.57. The van der Waals surface area contributed by atoms with Gasteiger partial charge in [0.15, 0.2) is 0 Å². The number of thiol groups is 2. The second kappa shape index (κ2) is 11.1. The molecule has 0 saturated heterocycles. The Morgan fingerprint density at radius 1 is 1.00 bits per heavy atom. The van der Waals surface area contributed by atoms with E-state index in [0.29, 0.717) is 6.42 Å². The molecule has 2 aliphatic heterocycles. The van der Waals surface area contributed by atoms with E-state index in [1.165, 1.54) is 26.8 Å². The van der Waals surface area contributed by atoms with Gasteiger partial charge in [-0.3, -0.25) is 0 Å². The molecule has 0 spiro atoms. The number of hydrogen-bond donors (Lipinski definition) is 2. The molecule has 0 unspecified atom stereocenters. The van der Waals surface area contributed by atoms with Gasteiger partial charge in [-0.2, -0.15) is 30.5 Å². The Hall–Kier alpha value is 1.25. The second-order valence-electron chi connectivity index (χ2n) is 4.08. The van der Waals surface area contributed by atoms with Crippen LogP contribution in [0.3, 0.4) is 0 Å². The number of nitriles is 1. The van der Waals surface area contributed by atoms with Crippen LogP contribution >= 0.6 is 95.8 Å². The van der Waals surface area contributed by atoms with Crippen LogP contribution in [-0.2, 0) is 0 Å². The summed E-state index contributed by atoms with van der Waals surface area (Å²) in [7, 11) is 0. The van der Waals surface area contributed by atoms with E-state index in [2.05, 4.69) is 49.7 Å². The molecule has 0 N–H and O–H groups in total. The summed E-state index contributed by atoms with van der Waals surface area (Å²) in [6, 6.07) is 2.20. The summed E-state index contributed by atoms with van der Waals surface area (Å²) in [6.45, 7) is 0. The van der Waals surface area contributed by atoms with Gasteiger partial charge in [0.05, 0.1) is 18.8 Å². The molecule has 0 atom stereocenters. The molecule has 0 aromatic carbocycles. The van der Waals surface area contributed by atoms with Crippen LogP contribution < -0.4 is 0 Å². The van der Waals surface area contributed by atoms with Crippen molar-refractivity contribution < 1.29 is 0 Å². The van der Waals surface area contributed by atoms with Crippen LogP contribution in [0.1, 0.15) is 6.42 Å². The number of thioether (sulfide) groups is 6. The molecule has 1 nitrogen and oxygen atoms in total. The van der Waals surface area contributed by atoms with Gasteiger partial charge in [0.1, 0.15) is 0 Å². The van der Waals surface area contributed by atoms with Gasteiger partial charge in [-0.1, -0.05) is 47.0 Å². The summed E-state index contributed by atoms with van der Waals surface area (Å²) in [5, 5.41) is 8.67. The van der Waals surface area contributed by atoms with E-state index < -0.39 is 0 Å². The van der Waals surface area contributed by atoms with Gasteiger partial charge < -0.3 is 0 Å². The van der Waals surface area contributed by atoms with Gasteiger partial charge in [0.25, 0.3) is 0 Å². The van der Waals surface area contributed by atoms with Crippen molar-refractivity contribution in [3.05, 3.63) is 38.9 Å². The van der Waals surface area contributed by atoms with Crippen molar-refractivity contribution in [2.45, 2.75) is 6.42 Å². The van der Waals surface area contributed by atoms with Gasteiger partial charge in [-0.25, -0.2) is 0 Å². The Kier molecular flexibility index (Phi) is 9.89. The van der Waals surface area contributed by atoms with E-state index in [1.807, 2.05) is 23.5 Å². The molecule has 0 aromatic rings. The molecule has 2 heterocycles. The minimum absolute atomic E-state index is 0.599. The third-order valence-corrected chi connectivity index (χ3v) is 11.5. The first-order chi connectivity index (χ1) is 11.2. The van der Waals surface area contributed by atoms with Crippen molar-refractivity contribution in [2.75, 3.05) is 23.5 Å². The predicted molar refractivity (Wildman–Crippen MR) is 124 cm³/mol. The highest BCUT2D eigenvalue weighted by Gasteiger charge is 2.21. The largest absolute Gasteiger partial charge is 0.198 e. The Labute approximate surface area is 174 Å². The van der Waals surface area contributed by atoms with Crippen molar-refractivity contribution in [1.29, 1.82) is 5.26 Å². The minimum Gasteiger partial charge on any atom is -0.198 e. The van der Waals surface area contributed by atoms with E-state index in [4.69, 9.17) is 5.26 Å². The van der Waals surface area contributed by atoms with Crippen LogP contribution in [-0.4, -0.2) is 23.5 Å². The van der Waals surface area contributed by atoms with Crippen molar-refractivity contribution in [1.82, 2.24) is 0 Å². The summed E-state index contributed by atoms with van der Waals surface area (Å²) < 4.78 is 5.27. The Morgan fingerprint density at radius 3 is 2.09 bits per heavy atom. The smallest absolute Gasteiger partial charge is 0.0660 e. The molecule has 0 saturated carbocycles. The lowest BCUT2D eigenvalue weighted by molar-refractivity contribution is 1.24. The van der Waals surface area contributed by atoms with Gasteiger partial charge in [-0.15, -0.1) is 23.5 Å². The highest BCUT2D eigenvalue weighted by molar-refractivity contribution is 8.40. The van der Waals surface area contributed by atoms with Gasteiger partial charge in [0, 0.05) is 37.7 Å². The van der Waals surface area contributed by atoms with Crippen LogP contribution in [0.25, 0.3) is 0 Å². The van der Waals surface area contributed by atoms with Crippen LogP contribution in [0.5, 0.6) is 0 Å². The lowest BCUT2D eigenvalue weighted by Crippen LogP contribution is -1.80. The molecular formula is C14H15NS8. The quantitative estimate of drug-likeness (QED) is 0.321. The zero-order valence-electron chi connectivity index (χ0n) is 12.3. The molecule has 2 rings (SSSR count). The number of nitrogens with zero attached hydrogens (tertiary/aromatic N) is 1. The summed E-state index contributed by atoms with van der Waals surface area (Å²) in [5.41, 5.74) is 0. The van der Waals surface area contributed by atoms with E-state index in [9.17, 15) is 0 Å². The fourth-order valence-electron chi connectivity index (χ4n) is 1.58. The molecular weight excluding hydrogens is 439 g/mol. The number of allylic oxidation sites excluding steroid dienone is 2. The van der Waals surface area contributed by atoms with E-state index in [-0.39, 0.29) is 0 Å². The minimum atomic E-state index is 0.599. The Bertz CT molecular complexity index is 593. The second-order valence-corrected chi connectivity index (χ2v) is 12.0. The average molecular weight is 454 g/mol. The van der Waals surface area contributed by atoms with Crippen molar-refractivity contribution in [3.63, 3.8) is 0 Å². The maximum atomic E-state index is 8.67. The SMILES string of the molecule is CSC1=C(SCCC#N)SC(=CC=C2SC(CS)=C(CS)S2)S1. The van der Waals surface area contributed by atoms with Gasteiger partial charge >= 0.3 is 0 Å². The fraction of sp³-hybridized carbons (Fsp3) is 0.357. The number of rotatable bonds is 7. The molecule has 2 aliphatic rings. The molecule has 0 aromatic heterocycles. The van der Waals surface area contributed by atoms with Crippen molar-refractivity contribution in [3.8, 4) is 6.07 Å². The summed E-state index contributed by atoms with van der Waals surface area (Å²) in [5.74, 6) is 2.43. The summed E-state index contributed by atoms with van der Waals surface area (Å²) in [6.07, 6.45) is 7.11. The van der Waals surface area contributed by atoms with E-state index in [1.54, 1.807) is 47.0 Å². The molecule has 0 bridgehead atoms. The zero-order chi connectivity index (χ0) is 16.7. The maximum absolute atomic E-state index is 8.67. The van der Waals surface area contributed by atoms with E-state index >= 15 is 0 Å². The Balaban J connectivity index is 1.96. The van der Waals surface area contributed by atoms with Gasteiger partial charge in [-0.05, 0) is 18.4 Å². The highest BCUT2D eigenvalue weighted by atomic mass is 32.3. The standard InChI is InChI=1S/C14H15NS8/c1-18-13-14(19-6-2-5-15)23-12(22-13)4-3-11-20-9(7-16)10(8-17)21-11/h3-4,16-17H,2,6-8H2,1H3. The van der Waals surface area contributed by atoms with Crippen LogP contribution in [0.4, 0.5) is 0 Å². The zero-order valence-corrected chi connectivity index (χ0v) is 19.0. The molecule has 9 heteroatoms. The Morgan fingerprint density at radius 2 is 1.57 bits per heavy atom. The molecule has 23 heavy (non-hydrogen) atoms. The monoisotopic (exact) mass is 453 g/mol. The first kappa shape index (κ1) is 20.6. The molecule has 0 fully saturated rings. The van der Waals surface area contributed by atoms with Crippen molar-refractivity contribution in [2.24, 2.45) is 0 Å². The van der Waals surface area contributed by atoms with Crippen LogP contribution in [0.2, 0.25) is 0 Å². The first-order valence-corrected chi connectivity index (χ1v) is 13.3. The van der Waals surface area contributed by atoms with Crippen LogP contribution in [0.15, 0.2) is 38.9 Å². The fourth-order valence-corrected chi connectivity index (χ4v) is 10.0. The molecule has 0 amide bonds. The topological polar surface area (TPSA) is 23.8 Å². The average Bonchev–Trinajstić information content (AvgIpc) is 3.16. The summed E-state index contributed by atoms with van der Waals surface area (Å²) >= 11 is 19.6. The molecule has 124 valence electrons. The third-order valence-electron chi connectivity index (χ3n) is 2.59. The van der Waals surface area contributed by atoms with E-state index in [0.717, 1.165) is 17.3 Å². The maximum Gasteiger partial charge on any atom is 0.0660 e. The van der Waals surface area contributed by atoms with Crippen LogP contribution in [0, 0.1) is 11.3 Å². The van der Waals surface area contributed by atoms with Gasteiger partial charge in [0.2, 0.25) is 0 Å². The normalized spacial score (nSPS) is 19.9. The highest BCUT2D eigenvalue weighted by Crippen LogP contribution is 2.57. The predicted octanol–water partition coefficient (Wildman–Crippen LogP) is 6.84. The summed E-state index contributed by atoms with van der Waals surface area (Å²) in [4.78, 5) is 2.64. The van der Waals surface area contributed by atoms with Crippen molar-refractivity contribution >= 4 is 95.8 Å². The number of hydrogen-bond acceptors (Lipinski definition) is 9.